The zero-order valence-corrected chi connectivity index (χ0v) is 19.7. The van der Waals surface area contributed by atoms with Crippen molar-refractivity contribution in [3.05, 3.63) is 132 Å². The van der Waals surface area contributed by atoms with Crippen LogP contribution in [0.5, 0.6) is 0 Å². The number of hydrogen-bond acceptors (Lipinski definition) is 4. The molecule has 5 nitrogen and oxygen atoms in total. The van der Waals surface area contributed by atoms with Crippen LogP contribution in [0.3, 0.4) is 0 Å². The van der Waals surface area contributed by atoms with Crippen molar-refractivity contribution in [2.24, 2.45) is 0 Å². The number of rotatable bonds is 3. The Kier molecular flexibility index (Phi) is 4.86. The Morgan fingerprint density at radius 2 is 1.19 bits per heavy atom. The quantitative estimate of drug-likeness (QED) is 0.208. The molecule has 0 bridgehead atoms. The van der Waals surface area contributed by atoms with Gasteiger partial charge in [0.15, 0.2) is 5.82 Å². The van der Waals surface area contributed by atoms with Gasteiger partial charge >= 0.3 is 0 Å². The molecule has 0 atom stereocenters. The SMILES string of the molecule is O=c1c2ccccc2nc2ccc3ccc(-c4cc(-c5ccccc5)nc(-c5ccccc5)n4)cc3n12. The van der Waals surface area contributed by atoms with Crippen molar-refractivity contribution in [3.63, 3.8) is 0 Å². The van der Waals surface area contributed by atoms with Crippen LogP contribution >= 0.6 is 0 Å². The average Bonchev–Trinajstić information content (AvgIpc) is 2.97. The lowest BCUT2D eigenvalue weighted by Crippen LogP contribution is -2.15. The Hall–Kier alpha value is -5.16. The van der Waals surface area contributed by atoms with Crippen molar-refractivity contribution in [2.75, 3.05) is 0 Å². The molecular formula is C32H20N4O. The van der Waals surface area contributed by atoms with E-state index in [-0.39, 0.29) is 5.56 Å². The first-order valence-corrected chi connectivity index (χ1v) is 12.1. The van der Waals surface area contributed by atoms with Gasteiger partial charge in [-0.2, -0.15) is 0 Å². The van der Waals surface area contributed by atoms with Crippen molar-refractivity contribution in [3.8, 4) is 33.9 Å². The molecule has 0 aliphatic carbocycles. The Balaban J connectivity index is 1.49. The van der Waals surface area contributed by atoms with Crippen LogP contribution in [-0.2, 0) is 0 Å². The molecule has 0 saturated carbocycles. The van der Waals surface area contributed by atoms with Crippen LogP contribution in [0.4, 0.5) is 0 Å². The molecule has 0 fully saturated rings. The molecule has 3 heterocycles. The lowest BCUT2D eigenvalue weighted by atomic mass is 10.0. The highest BCUT2D eigenvalue weighted by Gasteiger charge is 2.13. The van der Waals surface area contributed by atoms with Crippen LogP contribution in [0.15, 0.2) is 126 Å². The summed E-state index contributed by atoms with van der Waals surface area (Å²) in [4.78, 5) is 28.1. The summed E-state index contributed by atoms with van der Waals surface area (Å²) in [6, 6.07) is 39.5. The Labute approximate surface area is 212 Å². The third kappa shape index (κ3) is 3.65. The molecule has 0 unspecified atom stereocenters. The Bertz CT molecular complexity index is 1940. The minimum absolute atomic E-state index is 0.0824. The first-order valence-electron chi connectivity index (χ1n) is 12.1. The second-order valence-electron chi connectivity index (χ2n) is 8.93. The molecule has 0 radical (unpaired) electrons. The van der Waals surface area contributed by atoms with E-state index in [1.807, 2.05) is 121 Å². The fourth-order valence-corrected chi connectivity index (χ4v) is 4.76. The number of hydrogen-bond donors (Lipinski definition) is 0. The zero-order chi connectivity index (χ0) is 24.8. The van der Waals surface area contributed by atoms with Crippen LogP contribution in [0, 0.1) is 0 Å². The number of fused-ring (bicyclic) bond motifs is 4. The number of nitrogens with zero attached hydrogens (tertiary/aromatic N) is 4. The normalized spacial score (nSPS) is 11.4. The topological polar surface area (TPSA) is 60.2 Å². The van der Waals surface area contributed by atoms with Gasteiger partial charge in [0.2, 0.25) is 0 Å². The van der Waals surface area contributed by atoms with Gasteiger partial charge in [-0.25, -0.2) is 15.0 Å². The molecule has 0 spiro atoms. The fraction of sp³-hybridized carbons (Fsp3) is 0. The number of pyridine rings is 1. The summed E-state index contributed by atoms with van der Waals surface area (Å²) in [5.74, 6) is 0.653. The second-order valence-corrected chi connectivity index (χ2v) is 8.93. The number of para-hydroxylation sites is 1. The van der Waals surface area contributed by atoms with Crippen molar-refractivity contribution in [1.82, 2.24) is 19.4 Å². The summed E-state index contributed by atoms with van der Waals surface area (Å²) in [5.41, 5.74) is 6.50. The van der Waals surface area contributed by atoms with E-state index >= 15 is 0 Å². The lowest BCUT2D eigenvalue weighted by molar-refractivity contribution is 1.13. The van der Waals surface area contributed by atoms with E-state index in [0.717, 1.165) is 39.0 Å². The van der Waals surface area contributed by atoms with Crippen LogP contribution in [0.25, 0.3) is 61.4 Å². The smallest absolute Gasteiger partial charge is 0.266 e. The van der Waals surface area contributed by atoms with E-state index in [9.17, 15) is 4.79 Å². The van der Waals surface area contributed by atoms with Crippen LogP contribution < -0.4 is 5.56 Å². The van der Waals surface area contributed by atoms with Gasteiger partial charge in [-0.05, 0) is 41.8 Å². The van der Waals surface area contributed by atoms with Crippen LogP contribution in [0.1, 0.15) is 0 Å². The first kappa shape index (κ1) is 21.1. The van der Waals surface area contributed by atoms with Crippen LogP contribution in [0.2, 0.25) is 0 Å². The van der Waals surface area contributed by atoms with E-state index in [2.05, 4.69) is 0 Å². The third-order valence-corrected chi connectivity index (χ3v) is 6.61. The van der Waals surface area contributed by atoms with Gasteiger partial charge in [-0.3, -0.25) is 9.20 Å². The second kappa shape index (κ2) is 8.50. The van der Waals surface area contributed by atoms with E-state index < -0.39 is 0 Å². The molecule has 0 amide bonds. The minimum atomic E-state index is -0.0824. The maximum atomic E-state index is 13.5. The van der Waals surface area contributed by atoms with E-state index in [1.54, 1.807) is 4.40 Å². The standard InChI is InChI=1S/C32H20N4O/c37-32-25-13-7-8-14-26(25)33-30-18-17-22-15-16-24(19-29(22)36(30)32)28-20-27(21-9-3-1-4-10-21)34-31(35-28)23-11-5-2-6-12-23/h1-20H. The molecule has 3 aromatic heterocycles. The fourth-order valence-electron chi connectivity index (χ4n) is 4.76. The van der Waals surface area contributed by atoms with Gasteiger partial charge in [0.25, 0.3) is 5.56 Å². The van der Waals surface area contributed by atoms with Crippen molar-refractivity contribution in [2.45, 2.75) is 0 Å². The summed E-state index contributed by atoms with van der Waals surface area (Å²) in [6.45, 7) is 0. The van der Waals surface area contributed by atoms with Gasteiger partial charge in [-0.1, -0.05) is 84.9 Å². The summed E-state index contributed by atoms with van der Waals surface area (Å²) in [5, 5.41) is 1.55. The van der Waals surface area contributed by atoms with Gasteiger partial charge in [0.05, 0.1) is 27.8 Å². The maximum absolute atomic E-state index is 13.5. The van der Waals surface area contributed by atoms with Gasteiger partial charge in [0.1, 0.15) is 5.65 Å². The summed E-state index contributed by atoms with van der Waals surface area (Å²) in [6.07, 6.45) is 0. The average molecular weight is 477 g/mol. The maximum Gasteiger partial charge on any atom is 0.266 e. The predicted molar refractivity (Wildman–Crippen MR) is 148 cm³/mol. The predicted octanol–water partition coefficient (Wildman–Crippen LogP) is 6.79. The van der Waals surface area contributed by atoms with E-state index in [0.29, 0.717) is 22.4 Å². The summed E-state index contributed by atoms with van der Waals surface area (Å²) < 4.78 is 1.69. The zero-order valence-electron chi connectivity index (χ0n) is 19.7. The van der Waals surface area contributed by atoms with E-state index in [4.69, 9.17) is 15.0 Å². The molecule has 4 aromatic carbocycles. The van der Waals surface area contributed by atoms with Crippen LogP contribution in [-0.4, -0.2) is 19.4 Å². The Morgan fingerprint density at radius 3 is 1.97 bits per heavy atom. The molecule has 0 saturated heterocycles. The summed E-state index contributed by atoms with van der Waals surface area (Å²) >= 11 is 0. The van der Waals surface area contributed by atoms with E-state index in [1.165, 1.54) is 0 Å². The van der Waals surface area contributed by atoms with Crippen molar-refractivity contribution >= 4 is 27.5 Å². The highest BCUT2D eigenvalue weighted by atomic mass is 16.1. The van der Waals surface area contributed by atoms with Gasteiger partial charge in [0, 0.05) is 16.7 Å². The number of aromatic nitrogens is 4. The monoisotopic (exact) mass is 476 g/mol. The molecule has 7 aromatic rings. The minimum Gasteiger partial charge on any atom is -0.268 e. The highest BCUT2D eigenvalue weighted by molar-refractivity contribution is 5.89. The summed E-state index contributed by atoms with van der Waals surface area (Å²) in [7, 11) is 0. The molecule has 0 aliphatic rings. The van der Waals surface area contributed by atoms with Gasteiger partial charge in [-0.15, -0.1) is 0 Å². The van der Waals surface area contributed by atoms with Crippen molar-refractivity contribution < 1.29 is 0 Å². The molecule has 0 aliphatic heterocycles. The lowest BCUT2D eigenvalue weighted by Gasteiger charge is -2.11. The molecule has 5 heteroatoms. The molecule has 7 rings (SSSR count). The molecule has 0 N–H and O–H groups in total. The third-order valence-electron chi connectivity index (χ3n) is 6.61. The molecule has 37 heavy (non-hydrogen) atoms. The number of benzene rings is 4. The molecule has 174 valence electrons. The molecular weight excluding hydrogens is 456 g/mol. The largest absolute Gasteiger partial charge is 0.268 e. The Morgan fingerprint density at radius 1 is 0.541 bits per heavy atom. The first-order chi connectivity index (χ1) is 18.2. The van der Waals surface area contributed by atoms with Gasteiger partial charge < -0.3 is 0 Å². The van der Waals surface area contributed by atoms with Crippen molar-refractivity contribution in [1.29, 1.82) is 0 Å². The highest BCUT2D eigenvalue weighted by Crippen LogP contribution is 2.29.